The summed E-state index contributed by atoms with van der Waals surface area (Å²) in [6.07, 6.45) is 2.56. The molecular formula is C22H22N2O4S. The van der Waals surface area contributed by atoms with Crippen LogP contribution in [0, 0.1) is 5.92 Å². The highest BCUT2D eigenvalue weighted by atomic mass is 32.2. The fraction of sp³-hybridized carbons (Fsp3) is 0.318. The van der Waals surface area contributed by atoms with Gasteiger partial charge in [0.1, 0.15) is 6.04 Å². The van der Waals surface area contributed by atoms with E-state index in [9.17, 15) is 14.4 Å². The number of carbonyl (C=O) groups excluding carboxylic acids is 3. The number of anilines is 2. The van der Waals surface area contributed by atoms with Crippen LogP contribution in [0.1, 0.15) is 12.0 Å². The van der Waals surface area contributed by atoms with Gasteiger partial charge < -0.3 is 9.64 Å². The molecule has 0 bridgehead atoms. The lowest BCUT2D eigenvalue weighted by molar-refractivity contribution is -0.143. The minimum atomic E-state index is -0.685. The first-order valence-corrected chi connectivity index (χ1v) is 10.7. The Kier molecular flexibility index (Phi) is 5.32. The fourth-order valence-corrected chi connectivity index (χ4v) is 4.47. The second-order valence-electron chi connectivity index (χ2n) is 7.18. The van der Waals surface area contributed by atoms with Gasteiger partial charge in [-0.2, -0.15) is 0 Å². The third-order valence-electron chi connectivity index (χ3n) is 5.55. The molecule has 2 atom stereocenters. The molecule has 2 aliphatic rings. The zero-order valence-corrected chi connectivity index (χ0v) is 17.1. The van der Waals surface area contributed by atoms with Crippen LogP contribution in [-0.2, 0) is 25.5 Å². The van der Waals surface area contributed by atoms with Crippen molar-refractivity contribution in [3.05, 3.63) is 54.1 Å². The number of hydrogen-bond donors (Lipinski definition) is 0. The number of rotatable bonds is 4. The van der Waals surface area contributed by atoms with Gasteiger partial charge in [-0.25, -0.2) is 4.79 Å². The number of amides is 2. The van der Waals surface area contributed by atoms with Crippen LogP contribution in [0.15, 0.2) is 53.4 Å². The molecule has 0 aliphatic carbocycles. The Bertz CT molecular complexity index is 960. The summed E-state index contributed by atoms with van der Waals surface area (Å²) in [6, 6.07) is 14.5. The molecule has 0 spiro atoms. The first-order chi connectivity index (χ1) is 14.0. The van der Waals surface area contributed by atoms with E-state index in [-0.39, 0.29) is 18.2 Å². The number of para-hydroxylation sites is 1. The quantitative estimate of drug-likeness (QED) is 0.573. The van der Waals surface area contributed by atoms with Crippen molar-refractivity contribution < 1.29 is 19.1 Å². The van der Waals surface area contributed by atoms with Gasteiger partial charge in [-0.15, -0.1) is 11.8 Å². The molecule has 2 amide bonds. The highest BCUT2D eigenvalue weighted by Crippen LogP contribution is 2.36. The Hall–Kier alpha value is -2.80. The molecule has 150 valence electrons. The summed E-state index contributed by atoms with van der Waals surface area (Å²) in [4.78, 5) is 42.7. The number of hydrogen-bond acceptors (Lipinski definition) is 5. The number of thioether (sulfide) groups is 1. The molecule has 4 rings (SSSR count). The van der Waals surface area contributed by atoms with Crippen molar-refractivity contribution in [2.45, 2.75) is 23.8 Å². The number of ether oxygens (including phenoxy) is 1. The van der Waals surface area contributed by atoms with E-state index in [4.69, 9.17) is 4.74 Å². The minimum absolute atomic E-state index is 0.0812. The molecule has 2 unspecified atom stereocenters. The molecular weight excluding hydrogens is 388 g/mol. The third-order valence-corrected chi connectivity index (χ3v) is 6.29. The van der Waals surface area contributed by atoms with E-state index in [0.29, 0.717) is 13.0 Å². The average molecular weight is 410 g/mol. The third kappa shape index (κ3) is 3.51. The molecule has 0 N–H and O–H groups in total. The molecule has 7 heteroatoms. The number of fused-ring (bicyclic) bond motifs is 1. The largest absolute Gasteiger partial charge is 0.467 e. The molecule has 0 aromatic heterocycles. The predicted octanol–water partition coefficient (Wildman–Crippen LogP) is 2.89. The van der Waals surface area contributed by atoms with E-state index in [1.165, 1.54) is 12.0 Å². The zero-order valence-electron chi connectivity index (χ0n) is 16.3. The standard InChI is InChI=1S/C22H22N2O4S/c1-28-22(27)19-11-14-5-3-4-6-18(14)24(19)21(26)15-12-20(25)23(13-15)16-7-9-17(29-2)10-8-16/h3-10,15,19H,11-13H2,1-2H3. The van der Waals surface area contributed by atoms with Gasteiger partial charge >= 0.3 is 5.97 Å². The van der Waals surface area contributed by atoms with Gasteiger partial charge in [-0.1, -0.05) is 18.2 Å². The van der Waals surface area contributed by atoms with Crippen molar-refractivity contribution >= 4 is 40.9 Å². The maximum Gasteiger partial charge on any atom is 0.329 e. The number of carbonyl (C=O) groups is 3. The molecule has 1 fully saturated rings. The molecule has 2 aromatic carbocycles. The summed E-state index contributed by atoms with van der Waals surface area (Å²) < 4.78 is 4.93. The van der Waals surface area contributed by atoms with Gasteiger partial charge in [0.05, 0.1) is 13.0 Å². The number of nitrogens with zero attached hydrogens (tertiary/aromatic N) is 2. The Balaban J connectivity index is 1.58. The normalized spacial score (nSPS) is 20.7. The number of benzene rings is 2. The molecule has 6 nitrogen and oxygen atoms in total. The van der Waals surface area contributed by atoms with Gasteiger partial charge in [0, 0.05) is 35.7 Å². The monoisotopic (exact) mass is 410 g/mol. The van der Waals surface area contributed by atoms with Crippen molar-refractivity contribution in [3.8, 4) is 0 Å². The molecule has 2 aromatic rings. The molecule has 0 saturated carbocycles. The zero-order chi connectivity index (χ0) is 20.5. The Morgan fingerprint density at radius 3 is 2.48 bits per heavy atom. The molecule has 2 aliphatic heterocycles. The van der Waals surface area contributed by atoms with E-state index in [0.717, 1.165) is 21.8 Å². The fourth-order valence-electron chi connectivity index (χ4n) is 4.06. The van der Waals surface area contributed by atoms with Crippen LogP contribution in [0.25, 0.3) is 0 Å². The van der Waals surface area contributed by atoms with Crippen LogP contribution >= 0.6 is 11.8 Å². The Morgan fingerprint density at radius 2 is 1.79 bits per heavy atom. The summed E-state index contributed by atoms with van der Waals surface area (Å²) in [5.41, 5.74) is 2.45. The van der Waals surface area contributed by atoms with Crippen LogP contribution in [-0.4, -0.2) is 43.7 Å². The summed E-state index contributed by atoms with van der Waals surface area (Å²) >= 11 is 1.63. The second-order valence-corrected chi connectivity index (χ2v) is 8.06. The molecule has 29 heavy (non-hydrogen) atoms. The lowest BCUT2D eigenvalue weighted by Gasteiger charge is -2.26. The summed E-state index contributed by atoms with van der Waals surface area (Å²) in [7, 11) is 1.33. The van der Waals surface area contributed by atoms with E-state index in [1.807, 2.05) is 54.8 Å². The van der Waals surface area contributed by atoms with Crippen molar-refractivity contribution in [2.75, 3.05) is 29.7 Å². The number of methoxy groups -OCH3 is 1. The number of esters is 1. The molecule has 2 heterocycles. The molecule has 1 saturated heterocycles. The summed E-state index contributed by atoms with van der Waals surface area (Å²) in [5.74, 6) is -1.23. The minimum Gasteiger partial charge on any atom is -0.467 e. The maximum atomic E-state index is 13.4. The van der Waals surface area contributed by atoms with Crippen molar-refractivity contribution in [2.24, 2.45) is 5.92 Å². The van der Waals surface area contributed by atoms with Gasteiger partial charge in [0.25, 0.3) is 0 Å². The van der Waals surface area contributed by atoms with Gasteiger partial charge in [-0.3, -0.25) is 14.5 Å². The van der Waals surface area contributed by atoms with E-state index in [2.05, 4.69) is 0 Å². The second kappa shape index (κ2) is 7.91. The average Bonchev–Trinajstić information content (AvgIpc) is 3.33. The molecule has 0 radical (unpaired) electrons. The van der Waals surface area contributed by atoms with Crippen molar-refractivity contribution in [1.29, 1.82) is 0 Å². The van der Waals surface area contributed by atoms with E-state index >= 15 is 0 Å². The summed E-state index contributed by atoms with van der Waals surface area (Å²) in [5, 5.41) is 0. The topological polar surface area (TPSA) is 66.9 Å². The predicted molar refractivity (Wildman–Crippen MR) is 112 cm³/mol. The van der Waals surface area contributed by atoms with E-state index in [1.54, 1.807) is 16.7 Å². The smallest absolute Gasteiger partial charge is 0.329 e. The van der Waals surface area contributed by atoms with Crippen LogP contribution in [0.5, 0.6) is 0 Å². The Morgan fingerprint density at radius 1 is 1.07 bits per heavy atom. The van der Waals surface area contributed by atoms with Gasteiger partial charge in [-0.05, 0) is 42.2 Å². The van der Waals surface area contributed by atoms with Gasteiger partial charge in [0.15, 0.2) is 0 Å². The lowest BCUT2D eigenvalue weighted by Crippen LogP contribution is -2.46. The van der Waals surface area contributed by atoms with Crippen molar-refractivity contribution in [3.63, 3.8) is 0 Å². The highest BCUT2D eigenvalue weighted by Gasteiger charge is 2.44. The van der Waals surface area contributed by atoms with Crippen LogP contribution < -0.4 is 9.80 Å². The maximum absolute atomic E-state index is 13.4. The Labute approximate surface area is 173 Å². The SMILES string of the molecule is COC(=O)C1Cc2ccccc2N1C(=O)C1CC(=O)N(c2ccc(SC)cc2)C1. The van der Waals surface area contributed by atoms with Crippen LogP contribution in [0.3, 0.4) is 0 Å². The first kappa shape index (κ1) is 19.5. The summed E-state index contributed by atoms with van der Waals surface area (Å²) in [6.45, 7) is 0.308. The van der Waals surface area contributed by atoms with Crippen LogP contribution in [0.4, 0.5) is 11.4 Å². The first-order valence-electron chi connectivity index (χ1n) is 9.46. The van der Waals surface area contributed by atoms with Gasteiger partial charge in [0.2, 0.25) is 11.8 Å². The van der Waals surface area contributed by atoms with E-state index < -0.39 is 17.9 Å². The van der Waals surface area contributed by atoms with Crippen molar-refractivity contribution in [1.82, 2.24) is 0 Å². The van der Waals surface area contributed by atoms with Crippen LogP contribution in [0.2, 0.25) is 0 Å². The lowest BCUT2D eigenvalue weighted by atomic mass is 10.1. The highest BCUT2D eigenvalue weighted by molar-refractivity contribution is 7.98.